The molecule has 0 aliphatic heterocycles. The summed E-state index contributed by atoms with van der Waals surface area (Å²) in [6.07, 6.45) is 1.83. The van der Waals surface area contributed by atoms with Crippen molar-refractivity contribution in [1.82, 2.24) is 5.32 Å². The summed E-state index contributed by atoms with van der Waals surface area (Å²) >= 11 is 0. The first-order chi connectivity index (χ1) is 9.60. The molecule has 0 bridgehead atoms. The minimum atomic E-state index is -0.393. The number of carbonyl (C=O) groups excluding carboxylic acids is 2. The number of carbonyl (C=O) groups is 2. The molecule has 0 saturated carbocycles. The Labute approximate surface area is 119 Å². The number of benzene rings is 1. The highest BCUT2D eigenvalue weighted by atomic mass is 16.5. The monoisotopic (exact) mass is 278 g/mol. The predicted octanol–water partition coefficient (Wildman–Crippen LogP) is 2.19. The Morgan fingerprint density at radius 1 is 1.25 bits per heavy atom. The molecule has 20 heavy (non-hydrogen) atoms. The molecule has 0 spiro atoms. The molecule has 0 atom stereocenters. The third-order valence-corrected chi connectivity index (χ3v) is 3.09. The van der Waals surface area contributed by atoms with E-state index in [-0.39, 0.29) is 18.5 Å². The molecule has 1 amide bonds. The first-order valence-corrected chi connectivity index (χ1v) is 6.82. The van der Waals surface area contributed by atoms with E-state index in [2.05, 4.69) is 15.4 Å². The van der Waals surface area contributed by atoms with Crippen LogP contribution >= 0.6 is 0 Å². The van der Waals surface area contributed by atoms with Gasteiger partial charge in [-0.25, -0.2) is 4.79 Å². The number of nitrogens with one attached hydrogen (secondary N) is 2. The van der Waals surface area contributed by atoms with E-state index < -0.39 is 5.97 Å². The summed E-state index contributed by atoms with van der Waals surface area (Å²) in [5.41, 5.74) is 1.17. The fourth-order valence-corrected chi connectivity index (χ4v) is 1.83. The van der Waals surface area contributed by atoms with Crippen LogP contribution in [0.3, 0.4) is 0 Å². The highest BCUT2D eigenvalue weighted by Gasteiger charge is 2.09. The van der Waals surface area contributed by atoms with Crippen LogP contribution in [-0.4, -0.2) is 31.6 Å². The lowest BCUT2D eigenvalue weighted by Gasteiger charge is -2.15. The normalized spacial score (nSPS) is 10.2. The summed E-state index contributed by atoms with van der Waals surface area (Å²) in [7, 11) is 1.34. The van der Waals surface area contributed by atoms with Crippen LogP contribution in [0.1, 0.15) is 37.0 Å². The van der Waals surface area contributed by atoms with Crippen molar-refractivity contribution < 1.29 is 14.3 Å². The van der Waals surface area contributed by atoms with Gasteiger partial charge in [0.1, 0.15) is 0 Å². The maximum atomic E-state index is 11.8. The maximum absolute atomic E-state index is 11.8. The summed E-state index contributed by atoms with van der Waals surface area (Å²) in [5.74, 6) is -0.447. The number of methoxy groups -OCH3 is 1. The van der Waals surface area contributed by atoms with Crippen molar-refractivity contribution in [1.29, 1.82) is 0 Å². The molecule has 0 aliphatic rings. The predicted molar refractivity (Wildman–Crippen MR) is 78.8 cm³/mol. The van der Waals surface area contributed by atoms with Gasteiger partial charge < -0.3 is 15.4 Å². The smallest absolute Gasteiger partial charge is 0.337 e. The number of hydrogen-bond acceptors (Lipinski definition) is 4. The molecule has 0 radical (unpaired) electrons. The molecule has 0 saturated heterocycles. The average molecular weight is 278 g/mol. The Morgan fingerprint density at radius 3 is 2.55 bits per heavy atom. The maximum Gasteiger partial charge on any atom is 0.337 e. The first-order valence-electron chi connectivity index (χ1n) is 6.82. The van der Waals surface area contributed by atoms with Crippen LogP contribution in [0.15, 0.2) is 24.3 Å². The Kier molecular flexibility index (Phi) is 6.56. The molecule has 110 valence electrons. The Balaban J connectivity index is 2.53. The number of anilines is 1. The second-order valence-electron chi connectivity index (χ2n) is 4.51. The van der Waals surface area contributed by atoms with Gasteiger partial charge in [0.25, 0.3) is 0 Å². The van der Waals surface area contributed by atoms with Crippen molar-refractivity contribution in [2.45, 2.75) is 32.7 Å². The largest absolute Gasteiger partial charge is 0.465 e. The molecule has 1 aromatic carbocycles. The standard InChI is InChI=1S/C15H22N2O3/c1-4-12(5-2)17-14(18)10-16-13-8-6-7-11(9-13)15(19)20-3/h6-9,12,16H,4-5,10H2,1-3H3,(H,17,18). The van der Waals surface area contributed by atoms with Crippen molar-refractivity contribution in [3.63, 3.8) is 0 Å². The molecule has 1 aromatic rings. The quantitative estimate of drug-likeness (QED) is 0.750. The Bertz CT molecular complexity index is 456. The molecule has 0 unspecified atom stereocenters. The van der Waals surface area contributed by atoms with Gasteiger partial charge in [0.05, 0.1) is 19.2 Å². The molecule has 5 nitrogen and oxygen atoms in total. The van der Waals surface area contributed by atoms with Gasteiger partial charge in [-0.05, 0) is 31.0 Å². The molecule has 0 fully saturated rings. The zero-order valence-electron chi connectivity index (χ0n) is 12.2. The summed E-state index contributed by atoms with van der Waals surface area (Å²) in [5, 5.41) is 5.94. The van der Waals surface area contributed by atoms with Crippen LogP contribution in [-0.2, 0) is 9.53 Å². The summed E-state index contributed by atoms with van der Waals surface area (Å²) in [6, 6.07) is 7.09. The number of hydrogen-bond donors (Lipinski definition) is 2. The highest BCUT2D eigenvalue weighted by molar-refractivity contribution is 5.90. The number of rotatable bonds is 7. The van der Waals surface area contributed by atoms with Crippen LogP contribution in [0.4, 0.5) is 5.69 Å². The number of amides is 1. The van der Waals surface area contributed by atoms with E-state index in [0.29, 0.717) is 11.3 Å². The summed E-state index contributed by atoms with van der Waals surface area (Å²) in [6.45, 7) is 4.27. The Morgan fingerprint density at radius 2 is 1.95 bits per heavy atom. The average Bonchev–Trinajstić information content (AvgIpc) is 2.50. The van der Waals surface area contributed by atoms with Crippen molar-refractivity contribution in [2.75, 3.05) is 19.0 Å². The fraction of sp³-hybridized carbons (Fsp3) is 0.467. The van der Waals surface area contributed by atoms with Gasteiger partial charge in [0.15, 0.2) is 0 Å². The second-order valence-corrected chi connectivity index (χ2v) is 4.51. The summed E-state index contributed by atoms with van der Waals surface area (Å²) in [4.78, 5) is 23.2. The van der Waals surface area contributed by atoms with E-state index in [0.717, 1.165) is 12.8 Å². The van der Waals surface area contributed by atoms with Crippen LogP contribution in [0, 0.1) is 0 Å². The van der Waals surface area contributed by atoms with Gasteiger partial charge in [-0.3, -0.25) is 4.79 Å². The molecular weight excluding hydrogens is 256 g/mol. The van der Waals surface area contributed by atoms with Gasteiger partial charge in [-0.15, -0.1) is 0 Å². The highest BCUT2D eigenvalue weighted by Crippen LogP contribution is 2.11. The topological polar surface area (TPSA) is 67.4 Å². The second kappa shape index (κ2) is 8.19. The van der Waals surface area contributed by atoms with Crippen molar-refractivity contribution in [2.24, 2.45) is 0 Å². The van der Waals surface area contributed by atoms with E-state index in [1.54, 1.807) is 24.3 Å². The molecule has 0 aliphatic carbocycles. The SMILES string of the molecule is CCC(CC)NC(=O)CNc1cccc(C(=O)OC)c1. The third-order valence-electron chi connectivity index (χ3n) is 3.09. The van der Waals surface area contributed by atoms with Gasteiger partial charge in [0.2, 0.25) is 5.91 Å². The van der Waals surface area contributed by atoms with E-state index in [9.17, 15) is 9.59 Å². The van der Waals surface area contributed by atoms with Gasteiger partial charge >= 0.3 is 5.97 Å². The minimum Gasteiger partial charge on any atom is -0.465 e. The molecule has 0 heterocycles. The van der Waals surface area contributed by atoms with Crippen LogP contribution < -0.4 is 10.6 Å². The lowest BCUT2D eigenvalue weighted by molar-refractivity contribution is -0.120. The molecular formula is C15H22N2O3. The van der Waals surface area contributed by atoms with Crippen LogP contribution in [0.25, 0.3) is 0 Å². The number of esters is 1. The summed E-state index contributed by atoms with van der Waals surface area (Å²) < 4.78 is 4.65. The zero-order valence-corrected chi connectivity index (χ0v) is 12.2. The molecule has 2 N–H and O–H groups in total. The van der Waals surface area contributed by atoms with Crippen molar-refractivity contribution >= 4 is 17.6 Å². The van der Waals surface area contributed by atoms with E-state index >= 15 is 0 Å². The van der Waals surface area contributed by atoms with Crippen LogP contribution in [0.2, 0.25) is 0 Å². The first kappa shape index (κ1) is 16.0. The van der Waals surface area contributed by atoms with Gasteiger partial charge in [-0.1, -0.05) is 19.9 Å². The van der Waals surface area contributed by atoms with Crippen molar-refractivity contribution in [3.05, 3.63) is 29.8 Å². The van der Waals surface area contributed by atoms with E-state index in [4.69, 9.17) is 0 Å². The molecule has 5 heteroatoms. The third kappa shape index (κ3) is 4.91. The zero-order chi connectivity index (χ0) is 15.0. The Hall–Kier alpha value is -2.04. The molecule has 0 aromatic heterocycles. The molecule has 1 rings (SSSR count). The van der Waals surface area contributed by atoms with Gasteiger partial charge in [-0.2, -0.15) is 0 Å². The lowest BCUT2D eigenvalue weighted by atomic mass is 10.2. The van der Waals surface area contributed by atoms with Crippen molar-refractivity contribution in [3.8, 4) is 0 Å². The lowest BCUT2D eigenvalue weighted by Crippen LogP contribution is -2.37. The van der Waals surface area contributed by atoms with Crippen LogP contribution in [0.5, 0.6) is 0 Å². The van der Waals surface area contributed by atoms with E-state index in [1.807, 2.05) is 13.8 Å². The van der Waals surface area contributed by atoms with E-state index in [1.165, 1.54) is 7.11 Å². The fourth-order valence-electron chi connectivity index (χ4n) is 1.83. The van der Waals surface area contributed by atoms with Gasteiger partial charge in [0, 0.05) is 11.7 Å². The minimum absolute atomic E-state index is 0.0535. The number of ether oxygens (including phenoxy) is 1.